The van der Waals surface area contributed by atoms with Crippen molar-refractivity contribution in [1.82, 2.24) is 4.98 Å². The molecule has 0 saturated heterocycles. The van der Waals surface area contributed by atoms with Gasteiger partial charge in [-0.1, -0.05) is 84.9 Å². The molecule has 0 radical (unpaired) electrons. The minimum atomic E-state index is 1.18. The van der Waals surface area contributed by atoms with E-state index in [0.717, 1.165) is 0 Å². The molecule has 0 unspecified atom stereocenters. The van der Waals surface area contributed by atoms with Crippen molar-refractivity contribution in [2.75, 3.05) is 0 Å². The fraction of sp³-hybridized carbons (Fsp3) is 0.0345. The molecule has 0 aliphatic heterocycles. The van der Waals surface area contributed by atoms with E-state index in [4.69, 9.17) is 0 Å². The summed E-state index contributed by atoms with van der Waals surface area (Å²) in [5.41, 5.74) is 8.77. The first kappa shape index (κ1) is 17.1. The molecule has 0 aliphatic rings. The predicted molar refractivity (Wildman–Crippen MR) is 129 cm³/mol. The number of para-hydroxylation sites is 1. The molecule has 6 rings (SSSR count). The van der Waals surface area contributed by atoms with Crippen LogP contribution in [0.3, 0.4) is 0 Å². The Morgan fingerprint density at radius 2 is 1.23 bits per heavy atom. The quantitative estimate of drug-likeness (QED) is 0.311. The molecule has 0 aliphatic carbocycles. The Bertz CT molecular complexity index is 1550. The molecule has 1 heterocycles. The number of H-pyrrole nitrogens is 1. The van der Waals surface area contributed by atoms with E-state index in [9.17, 15) is 0 Å². The van der Waals surface area contributed by atoms with Gasteiger partial charge >= 0.3 is 0 Å². The second-order valence-corrected chi connectivity index (χ2v) is 7.96. The number of aromatic nitrogens is 1. The van der Waals surface area contributed by atoms with Gasteiger partial charge in [0.25, 0.3) is 0 Å². The van der Waals surface area contributed by atoms with Gasteiger partial charge in [-0.25, -0.2) is 0 Å². The molecule has 0 saturated carbocycles. The van der Waals surface area contributed by atoms with E-state index in [-0.39, 0.29) is 0 Å². The van der Waals surface area contributed by atoms with Crippen LogP contribution in [-0.4, -0.2) is 4.98 Å². The van der Waals surface area contributed by atoms with Gasteiger partial charge in [-0.2, -0.15) is 0 Å². The van der Waals surface area contributed by atoms with E-state index in [1.807, 2.05) is 0 Å². The van der Waals surface area contributed by atoms with Crippen LogP contribution in [0.4, 0.5) is 0 Å². The fourth-order valence-corrected chi connectivity index (χ4v) is 4.70. The summed E-state index contributed by atoms with van der Waals surface area (Å²) in [5, 5.41) is 5.13. The lowest BCUT2D eigenvalue weighted by molar-refractivity contribution is 1.47. The van der Waals surface area contributed by atoms with Gasteiger partial charge in [-0.3, -0.25) is 0 Å². The highest BCUT2D eigenvalue weighted by molar-refractivity contribution is 6.11. The van der Waals surface area contributed by atoms with Crippen LogP contribution in [0, 0.1) is 6.92 Å². The van der Waals surface area contributed by atoms with Gasteiger partial charge in [0, 0.05) is 21.8 Å². The van der Waals surface area contributed by atoms with Crippen molar-refractivity contribution in [1.29, 1.82) is 0 Å². The molecule has 0 spiro atoms. The maximum Gasteiger partial charge on any atom is 0.0465 e. The first-order chi connectivity index (χ1) is 14.8. The summed E-state index contributed by atoms with van der Waals surface area (Å²) in [6.45, 7) is 2.19. The third kappa shape index (κ3) is 2.56. The van der Waals surface area contributed by atoms with Crippen molar-refractivity contribution < 1.29 is 0 Å². The molecular formula is C29H21N. The summed E-state index contributed by atoms with van der Waals surface area (Å²) in [5.74, 6) is 0. The normalized spacial score (nSPS) is 11.5. The predicted octanol–water partition coefficient (Wildman–Crippen LogP) is 8.12. The number of hydrogen-bond acceptors (Lipinski definition) is 0. The molecule has 0 fully saturated rings. The van der Waals surface area contributed by atoms with Gasteiger partial charge < -0.3 is 4.98 Å². The monoisotopic (exact) mass is 383 g/mol. The average molecular weight is 383 g/mol. The fourth-order valence-electron chi connectivity index (χ4n) is 4.70. The summed E-state index contributed by atoms with van der Waals surface area (Å²) >= 11 is 0. The first-order valence-electron chi connectivity index (χ1n) is 10.4. The number of benzene rings is 5. The lowest BCUT2D eigenvalue weighted by atomic mass is 9.89. The maximum absolute atomic E-state index is 3.54. The van der Waals surface area contributed by atoms with Crippen molar-refractivity contribution >= 4 is 32.6 Å². The summed E-state index contributed by atoms with van der Waals surface area (Å²) in [7, 11) is 0. The summed E-state index contributed by atoms with van der Waals surface area (Å²) in [4.78, 5) is 3.54. The molecule has 0 bridgehead atoms. The second-order valence-electron chi connectivity index (χ2n) is 7.96. The van der Waals surface area contributed by atoms with Crippen molar-refractivity contribution in [2.45, 2.75) is 6.92 Å². The van der Waals surface area contributed by atoms with Crippen LogP contribution < -0.4 is 0 Å². The Labute approximate surface area is 175 Å². The van der Waals surface area contributed by atoms with E-state index < -0.39 is 0 Å². The Hall–Kier alpha value is -3.84. The number of aryl methyl sites for hydroxylation is 1. The number of hydrogen-bond donors (Lipinski definition) is 1. The lowest BCUT2D eigenvalue weighted by Crippen LogP contribution is -1.88. The molecular weight excluding hydrogens is 362 g/mol. The minimum absolute atomic E-state index is 1.18. The molecule has 142 valence electrons. The van der Waals surface area contributed by atoms with E-state index in [0.29, 0.717) is 0 Å². The molecule has 1 aromatic heterocycles. The van der Waals surface area contributed by atoms with Crippen molar-refractivity contribution in [3.63, 3.8) is 0 Å². The van der Waals surface area contributed by atoms with Crippen LogP contribution in [-0.2, 0) is 0 Å². The number of aromatic amines is 1. The molecule has 1 N–H and O–H groups in total. The van der Waals surface area contributed by atoms with Gasteiger partial charge in [0.15, 0.2) is 0 Å². The topological polar surface area (TPSA) is 15.8 Å². The van der Waals surface area contributed by atoms with Crippen molar-refractivity contribution in [3.05, 3.63) is 109 Å². The van der Waals surface area contributed by atoms with Gasteiger partial charge in [-0.15, -0.1) is 0 Å². The molecule has 0 atom stereocenters. The van der Waals surface area contributed by atoms with Crippen LogP contribution in [0.5, 0.6) is 0 Å². The van der Waals surface area contributed by atoms with Gasteiger partial charge in [0.1, 0.15) is 0 Å². The van der Waals surface area contributed by atoms with E-state index in [1.54, 1.807) is 0 Å². The van der Waals surface area contributed by atoms with Crippen LogP contribution >= 0.6 is 0 Å². The van der Waals surface area contributed by atoms with E-state index in [2.05, 4.69) is 115 Å². The summed E-state index contributed by atoms with van der Waals surface area (Å²) < 4.78 is 0. The van der Waals surface area contributed by atoms with Crippen LogP contribution in [0.15, 0.2) is 103 Å². The van der Waals surface area contributed by atoms with Gasteiger partial charge in [0.05, 0.1) is 0 Å². The number of rotatable bonds is 2. The Kier molecular flexibility index (Phi) is 3.75. The van der Waals surface area contributed by atoms with E-state index >= 15 is 0 Å². The molecule has 5 aromatic carbocycles. The van der Waals surface area contributed by atoms with Crippen LogP contribution in [0.2, 0.25) is 0 Å². The minimum Gasteiger partial charge on any atom is -0.355 e. The highest BCUT2D eigenvalue weighted by Gasteiger charge is 2.12. The first-order valence-corrected chi connectivity index (χ1v) is 10.4. The third-order valence-corrected chi connectivity index (χ3v) is 6.16. The highest BCUT2D eigenvalue weighted by atomic mass is 14.7. The molecule has 1 nitrogen and oxygen atoms in total. The maximum atomic E-state index is 3.54. The molecule has 30 heavy (non-hydrogen) atoms. The standard InChI is InChI=1S/C29H21N/c1-19-8-2-3-11-22(19)25-14-7-10-20-9-6-13-23(29(20)25)21-16-17-28-26(18-21)24-12-4-5-15-27(24)30-28/h2-18,30H,1H3. The highest BCUT2D eigenvalue weighted by Crippen LogP contribution is 2.39. The van der Waals surface area contributed by atoms with E-state index in [1.165, 1.54) is 60.4 Å². The largest absolute Gasteiger partial charge is 0.355 e. The lowest BCUT2D eigenvalue weighted by Gasteiger charge is -2.14. The Morgan fingerprint density at radius 3 is 2.10 bits per heavy atom. The van der Waals surface area contributed by atoms with Gasteiger partial charge in [0.2, 0.25) is 0 Å². The third-order valence-electron chi connectivity index (χ3n) is 6.16. The molecule has 0 amide bonds. The van der Waals surface area contributed by atoms with Crippen molar-refractivity contribution in [2.24, 2.45) is 0 Å². The van der Waals surface area contributed by atoms with Crippen molar-refractivity contribution in [3.8, 4) is 22.3 Å². The SMILES string of the molecule is Cc1ccccc1-c1cccc2cccc(-c3ccc4[nH]c5ccccc5c4c3)c12. The zero-order chi connectivity index (χ0) is 20.1. The zero-order valence-corrected chi connectivity index (χ0v) is 16.8. The molecule has 1 heteroatoms. The molecule has 6 aromatic rings. The summed E-state index contributed by atoms with van der Waals surface area (Å²) in [6, 6.07) is 37.2. The number of nitrogens with one attached hydrogen (secondary N) is 1. The Balaban J connectivity index is 1.67. The smallest absolute Gasteiger partial charge is 0.0465 e. The van der Waals surface area contributed by atoms with Gasteiger partial charge in [-0.05, 0) is 63.7 Å². The van der Waals surface area contributed by atoms with Crippen LogP contribution in [0.1, 0.15) is 5.56 Å². The second kappa shape index (κ2) is 6.60. The average Bonchev–Trinajstić information content (AvgIpc) is 3.17. The number of fused-ring (bicyclic) bond motifs is 4. The van der Waals surface area contributed by atoms with Crippen LogP contribution in [0.25, 0.3) is 54.8 Å². The Morgan fingerprint density at radius 1 is 0.533 bits per heavy atom. The zero-order valence-electron chi connectivity index (χ0n) is 16.8. The summed E-state index contributed by atoms with van der Waals surface area (Å²) in [6.07, 6.45) is 0.